The Morgan fingerprint density at radius 2 is 2.00 bits per heavy atom. The molecule has 1 aliphatic carbocycles. The number of nitrogens with one attached hydrogen (secondary N) is 2. The van der Waals surface area contributed by atoms with Crippen molar-refractivity contribution in [3.8, 4) is 0 Å². The van der Waals surface area contributed by atoms with Gasteiger partial charge in [0.2, 0.25) is 0 Å². The van der Waals surface area contributed by atoms with Crippen LogP contribution in [0.1, 0.15) is 34.7 Å². The van der Waals surface area contributed by atoms with Gasteiger partial charge in [-0.15, -0.1) is 0 Å². The van der Waals surface area contributed by atoms with Gasteiger partial charge in [0.15, 0.2) is 0 Å². The number of hydrogen-bond donors (Lipinski definition) is 2. The average molecular weight is 317 g/mol. The van der Waals surface area contributed by atoms with Crippen molar-refractivity contribution < 1.29 is 4.79 Å². The monoisotopic (exact) mass is 316 g/mol. The largest absolute Gasteiger partial charge is 0.348 e. The van der Waals surface area contributed by atoms with Crippen LogP contribution >= 0.6 is 11.6 Å². The fraction of sp³-hybridized carbons (Fsp3) is 0.312. The standard InChI is InChI=1S/C16H17ClN4O/c1-9-7-11(17)3-6-13(9)21-15-8-14(18-10(2)19-15)16(22)20-12-4-5-12/h3,6-8,12H,4-5H2,1-2H3,(H,20,22)(H,18,19,21). The number of aromatic nitrogens is 2. The molecule has 1 aromatic heterocycles. The second-order valence-electron chi connectivity index (χ2n) is 5.52. The van der Waals surface area contributed by atoms with E-state index in [0.717, 1.165) is 24.1 Å². The Morgan fingerprint density at radius 1 is 1.23 bits per heavy atom. The molecule has 0 radical (unpaired) electrons. The number of aryl methyl sites for hydroxylation is 2. The highest BCUT2D eigenvalue weighted by molar-refractivity contribution is 6.30. The summed E-state index contributed by atoms with van der Waals surface area (Å²) in [6.45, 7) is 3.73. The van der Waals surface area contributed by atoms with E-state index in [1.54, 1.807) is 13.0 Å². The number of carbonyl (C=O) groups excluding carboxylic acids is 1. The summed E-state index contributed by atoms with van der Waals surface area (Å²) < 4.78 is 0. The van der Waals surface area contributed by atoms with Crippen LogP contribution in [-0.2, 0) is 0 Å². The normalized spacial score (nSPS) is 13.8. The van der Waals surface area contributed by atoms with E-state index in [1.165, 1.54) is 0 Å². The molecule has 2 aromatic rings. The van der Waals surface area contributed by atoms with Crippen LogP contribution in [0.2, 0.25) is 5.02 Å². The first-order valence-corrected chi connectivity index (χ1v) is 7.59. The van der Waals surface area contributed by atoms with Gasteiger partial charge in [0.25, 0.3) is 5.91 Å². The van der Waals surface area contributed by atoms with Gasteiger partial charge in [-0.3, -0.25) is 4.79 Å². The molecule has 1 amide bonds. The van der Waals surface area contributed by atoms with E-state index >= 15 is 0 Å². The van der Waals surface area contributed by atoms with E-state index in [-0.39, 0.29) is 5.91 Å². The third-order valence-corrected chi connectivity index (χ3v) is 3.67. The second kappa shape index (κ2) is 5.93. The second-order valence-corrected chi connectivity index (χ2v) is 5.95. The highest BCUT2D eigenvalue weighted by atomic mass is 35.5. The zero-order valence-electron chi connectivity index (χ0n) is 12.5. The minimum Gasteiger partial charge on any atom is -0.348 e. The van der Waals surface area contributed by atoms with Crippen molar-refractivity contribution in [3.05, 3.63) is 46.4 Å². The molecule has 114 valence electrons. The molecule has 3 rings (SSSR count). The number of nitrogens with zero attached hydrogens (tertiary/aromatic N) is 2. The lowest BCUT2D eigenvalue weighted by molar-refractivity contribution is 0.0945. The quantitative estimate of drug-likeness (QED) is 0.907. The predicted octanol–water partition coefficient (Wildman–Crippen LogP) is 3.38. The summed E-state index contributed by atoms with van der Waals surface area (Å²) in [6.07, 6.45) is 2.09. The van der Waals surface area contributed by atoms with Crippen molar-refractivity contribution in [1.29, 1.82) is 0 Å². The Labute approximate surface area is 134 Å². The number of halogens is 1. The van der Waals surface area contributed by atoms with Gasteiger partial charge >= 0.3 is 0 Å². The van der Waals surface area contributed by atoms with Gasteiger partial charge in [0.05, 0.1) is 0 Å². The van der Waals surface area contributed by atoms with Gasteiger partial charge in [-0.25, -0.2) is 9.97 Å². The van der Waals surface area contributed by atoms with Crippen molar-refractivity contribution in [3.63, 3.8) is 0 Å². The Bertz CT molecular complexity index is 728. The third kappa shape index (κ3) is 3.54. The molecule has 1 fully saturated rings. The molecular formula is C16H17ClN4O. The SMILES string of the molecule is Cc1nc(Nc2ccc(Cl)cc2C)cc(C(=O)NC2CC2)n1. The molecule has 0 spiro atoms. The van der Waals surface area contributed by atoms with Gasteiger partial charge in [-0.1, -0.05) is 11.6 Å². The molecule has 22 heavy (non-hydrogen) atoms. The molecule has 0 unspecified atom stereocenters. The van der Waals surface area contributed by atoms with Crippen LogP contribution in [0, 0.1) is 13.8 Å². The molecule has 1 heterocycles. The van der Waals surface area contributed by atoms with Crippen LogP contribution < -0.4 is 10.6 Å². The van der Waals surface area contributed by atoms with Crippen LogP contribution in [0.5, 0.6) is 0 Å². The maximum absolute atomic E-state index is 12.1. The molecule has 5 nitrogen and oxygen atoms in total. The van der Waals surface area contributed by atoms with Crippen molar-refractivity contribution in [2.75, 3.05) is 5.32 Å². The topological polar surface area (TPSA) is 66.9 Å². The molecule has 0 saturated heterocycles. The van der Waals surface area contributed by atoms with Gasteiger partial charge < -0.3 is 10.6 Å². The van der Waals surface area contributed by atoms with Crippen LogP contribution in [0.4, 0.5) is 11.5 Å². The lowest BCUT2D eigenvalue weighted by Gasteiger charge is -2.11. The summed E-state index contributed by atoms with van der Waals surface area (Å²) in [5.41, 5.74) is 2.29. The molecule has 1 aromatic carbocycles. The molecule has 0 bridgehead atoms. The van der Waals surface area contributed by atoms with Gasteiger partial charge in [-0.2, -0.15) is 0 Å². The minimum atomic E-state index is -0.149. The maximum atomic E-state index is 12.1. The van der Waals surface area contributed by atoms with E-state index in [0.29, 0.717) is 28.4 Å². The van der Waals surface area contributed by atoms with Crippen molar-refractivity contribution in [2.45, 2.75) is 32.7 Å². The summed E-state index contributed by atoms with van der Waals surface area (Å²) in [6, 6.07) is 7.54. The van der Waals surface area contributed by atoms with Crippen molar-refractivity contribution >= 4 is 29.0 Å². The number of benzene rings is 1. The molecule has 1 aliphatic rings. The van der Waals surface area contributed by atoms with E-state index in [9.17, 15) is 4.79 Å². The highest BCUT2D eigenvalue weighted by Gasteiger charge is 2.24. The fourth-order valence-electron chi connectivity index (χ4n) is 2.14. The first-order valence-electron chi connectivity index (χ1n) is 7.21. The lowest BCUT2D eigenvalue weighted by atomic mass is 10.2. The number of amides is 1. The maximum Gasteiger partial charge on any atom is 0.270 e. The summed E-state index contributed by atoms with van der Waals surface area (Å²) >= 11 is 5.96. The van der Waals surface area contributed by atoms with Crippen LogP contribution in [0.15, 0.2) is 24.3 Å². The zero-order valence-corrected chi connectivity index (χ0v) is 13.2. The predicted molar refractivity (Wildman–Crippen MR) is 86.7 cm³/mol. The Kier molecular flexibility index (Phi) is 3.98. The number of carbonyl (C=O) groups is 1. The van der Waals surface area contributed by atoms with E-state index < -0.39 is 0 Å². The lowest BCUT2D eigenvalue weighted by Crippen LogP contribution is -2.26. The molecule has 6 heteroatoms. The molecular weight excluding hydrogens is 300 g/mol. The summed E-state index contributed by atoms with van der Waals surface area (Å²) in [4.78, 5) is 20.7. The summed E-state index contributed by atoms with van der Waals surface area (Å²) in [7, 11) is 0. The van der Waals surface area contributed by atoms with Crippen LogP contribution in [-0.4, -0.2) is 21.9 Å². The van der Waals surface area contributed by atoms with E-state index in [4.69, 9.17) is 11.6 Å². The number of rotatable bonds is 4. The Balaban J connectivity index is 1.83. The highest BCUT2D eigenvalue weighted by Crippen LogP contribution is 2.23. The third-order valence-electron chi connectivity index (χ3n) is 3.43. The summed E-state index contributed by atoms with van der Waals surface area (Å²) in [5, 5.41) is 6.83. The fourth-order valence-corrected chi connectivity index (χ4v) is 2.37. The van der Waals surface area contributed by atoms with Crippen LogP contribution in [0.3, 0.4) is 0 Å². The molecule has 0 atom stereocenters. The summed E-state index contributed by atoms with van der Waals surface area (Å²) in [5.74, 6) is 1.00. The molecule has 2 N–H and O–H groups in total. The average Bonchev–Trinajstić information content (AvgIpc) is 3.25. The van der Waals surface area contributed by atoms with Gasteiger partial charge in [0.1, 0.15) is 17.3 Å². The van der Waals surface area contributed by atoms with E-state index in [1.807, 2.05) is 25.1 Å². The number of hydrogen-bond acceptors (Lipinski definition) is 4. The first-order chi connectivity index (χ1) is 10.5. The first kappa shape index (κ1) is 14.8. The van der Waals surface area contributed by atoms with Crippen molar-refractivity contribution in [2.24, 2.45) is 0 Å². The Morgan fingerprint density at radius 3 is 2.68 bits per heavy atom. The van der Waals surface area contributed by atoms with E-state index in [2.05, 4.69) is 20.6 Å². The van der Waals surface area contributed by atoms with Crippen molar-refractivity contribution in [1.82, 2.24) is 15.3 Å². The van der Waals surface area contributed by atoms with Gasteiger partial charge in [0, 0.05) is 22.8 Å². The molecule has 0 aliphatic heterocycles. The zero-order chi connectivity index (χ0) is 15.7. The smallest absolute Gasteiger partial charge is 0.270 e. The minimum absolute atomic E-state index is 0.149. The molecule has 1 saturated carbocycles. The Hall–Kier alpha value is -2.14. The van der Waals surface area contributed by atoms with Gasteiger partial charge in [-0.05, 0) is 50.5 Å². The number of anilines is 2. The van der Waals surface area contributed by atoms with Crippen LogP contribution in [0.25, 0.3) is 0 Å².